The van der Waals surface area contributed by atoms with Gasteiger partial charge in [0.2, 0.25) is 0 Å². The van der Waals surface area contributed by atoms with E-state index in [0.29, 0.717) is 6.04 Å². The molecular formula is C18H21BrN2. The van der Waals surface area contributed by atoms with Crippen molar-refractivity contribution in [1.82, 2.24) is 9.88 Å². The first-order chi connectivity index (χ1) is 10.3. The van der Waals surface area contributed by atoms with Crippen molar-refractivity contribution >= 4 is 15.9 Å². The number of rotatable bonds is 2. The summed E-state index contributed by atoms with van der Waals surface area (Å²) in [6, 6.07) is 12.0. The van der Waals surface area contributed by atoms with E-state index in [1.165, 1.54) is 37.9 Å². The van der Waals surface area contributed by atoms with E-state index >= 15 is 0 Å². The van der Waals surface area contributed by atoms with E-state index < -0.39 is 0 Å². The number of aromatic nitrogens is 1. The molecule has 0 saturated carbocycles. The normalized spacial score (nSPS) is 25.4. The van der Waals surface area contributed by atoms with Crippen molar-refractivity contribution in [1.29, 1.82) is 0 Å². The summed E-state index contributed by atoms with van der Waals surface area (Å²) in [7, 11) is 0. The number of benzene rings is 1. The second-order valence-corrected chi connectivity index (χ2v) is 7.46. The van der Waals surface area contributed by atoms with E-state index in [-0.39, 0.29) is 0 Å². The topological polar surface area (TPSA) is 19.0 Å². The third-order valence-corrected chi connectivity index (χ3v) is 5.54. The molecule has 5 rings (SSSR count). The van der Waals surface area contributed by atoms with Crippen LogP contribution in [0.15, 0.2) is 41.0 Å². The van der Waals surface area contributed by atoms with E-state index in [9.17, 15) is 0 Å². The first-order valence-electron chi connectivity index (χ1n) is 7.91. The van der Waals surface area contributed by atoms with Crippen molar-refractivity contribution in [2.24, 2.45) is 5.92 Å². The van der Waals surface area contributed by atoms with Gasteiger partial charge in [-0.1, -0.05) is 24.3 Å². The molecule has 2 bridgehead atoms. The standard InChI is InChI=1S/C18H21BrN2/c19-16-9-17(20-10-16)12-21-11-13-5-6-18(21)8-15-4-2-1-3-14(15)7-13/h1-4,9-10,13,18,20H,5-8,11-12H2/t13-,18+/m1/s1. The van der Waals surface area contributed by atoms with Crippen molar-refractivity contribution in [2.75, 3.05) is 6.54 Å². The molecule has 110 valence electrons. The zero-order chi connectivity index (χ0) is 14.2. The highest BCUT2D eigenvalue weighted by atomic mass is 79.9. The van der Waals surface area contributed by atoms with Gasteiger partial charge in [-0.25, -0.2) is 0 Å². The zero-order valence-electron chi connectivity index (χ0n) is 12.2. The van der Waals surface area contributed by atoms with Crippen molar-refractivity contribution in [3.8, 4) is 0 Å². The lowest BCUT2D eigenvalue weighted by molar-refractivity contribution is 0.0927. The second kappa shape index (κ2) is 5.62. The highest BCUT2D eigenvalue weighted by molar-refractivity contribution is 9.10. The predicted molar refractivity (Wildman–Crippen MR) is 89.3 cm³/mol. The smallest absolute Gasteiger partial charge is 0.0388 e. The van der Waals surface area contributed by atoms with Gasteiger partial charge in [0.05, 0.1) is 0 Å². The molecule has 3 heterocycles. The Bertz CT molecular complexity index is 634. The van der Waals surface area contributed by atoms with Crippen LogP contribution in [0.4, 0.5) is 0 Å². The van der Waals surface area contributed by atoms with Crippen LogP contribution in [0.25, 0.3) is 0 Å². The fourth-order valence-corrected chi connectivity index (χ4v) is 4.41. The maximum Gasteiger partial charge on any atom is 0.0388 e. The second-order valence-electron chi connectivity index (χ2n) is 6.55. The Balaban J connectivity index is 1.58. The molecule has 3 aliphatic rings. The van der Waals surface area contributed by atoms with Gasteiger partial charge in [0.1, 0.15) is 0 Å². The average molecular weight is 345 g/mol. The van der Waals surface area contributed by atoms with E-state index in [2.05, 4.69) is 56.1 Å². The molecule has 0 spiro atoms. The van der Waals surface area contributed by atoms with Crippen LogP contribution in [0.5, 0.6) is 0 Å². The summed E-state index contributed by atoms with van der Waals surface area (Å²) in [5, 5.41) is 0. The number of nitrogens with zero attached hydrogens (tertiary/aromatic N) is 1. The Labute approximate surface area is 134 Å². The van der Waals surface area contributed by atoms with Crippen LogP contribution in [-0.2, 0) is 19.4 Å². The maximum atomic E-state index is 3.54. The number of halogens is 1. The molecule has 1 saturated heterocycles. The van der Waals surface area contributed by atoms with Crippen molar-refractivity contribution in [3.63, 3.8) is 0 Å². The lowest BCUT2D eigenvalue weighted by atomic mass is 9.80. The molecule has 2 aliphatic heterocycles. The molecule has 2 nitrogen and oxygen atoms in total. The highest BCUT2D eigenvalue weighted by Crippen LogP contribution is 2.33. The Morgan fingerprint density at radius 3 is 2.71 bits per heavy atom. The molecule has 21 heavy (non-hydrogen) atoms. The Morgan fingerprint density at radius 1 is 1.14 bits per heavy atom. The largest absolute Gasteiger partial charge is 0.363 e. The summed E-state index contributed by atoms with van der Waals surface area (Å²) < 4.78 is 1.15. The third-order valence-electron chi connectivity index (χ3n) is 5.08. The minimum absolute atomic E-state index is 0.699. The summed E-state index contributed by atoms with van der Waals surface area (Å²) >= 11 is 3.54. The van der Waals surface area contributed by atoms with Gasteiger partial charge in [-0.15, -0.1) is 0 Å². The van der Waals surface area contributed by atoms with Crippen LogP contribution in [-0.4, -0.2) is 22.5 Å². The summed E-state index contributed by atoms with van der Waals surface area (Å²) in [5.74, 6) is 0.820. The van der Waals surface area contributed by atoms with E-state index in [0.717, 1.165) is 16.9 Å². The number of nitrogens with one attached hydrogen (secondary N) is 1. The lowest BCUT2D eigenvalue weighted by Crippen LogP contribution is -2.46. The fraction of sp³-hybridized carbons (Fsp3) is 0.444. The SMILES string of the molecule is Brc1c[nH]c(CN2C[C@@H]3CC[C@H]2Cc2ccccc2C3)c1. The molecule has 1 aliphatic carbocycles. The molecule has 3 heteroatoms. The van der Waals surface area contributed by atoms with Gasteiger partial charge in [0, 0.05) is 35.5 Å². The van der Waals surface area contributed by atoms with Crippen molar-refractivity contribution < 1.29 is 0 Å². The fourth-order valence-electron chi connectivity index (χ4n) is 4.02. The number of aromatic amines is 1. The van der Waals surface area contributed by atoms with Crippen LogP contribution in [0.1, 0.15) is 29.7 Å². The summed E-state index contributed by atoms with van der Waals surface area (Å²) in [6.07, 6.45) is 7.25. The third kappa shape index (κ3) is 2.82. The molecule has 0 radical (unpaired) electrons. The zero-order valence-corrected chi connectivity index (χ0v) is 13.8. The number of fused-ring (bicyclic) bond motifs is 2. The number of H-pyrrole nitrogens is 1. The minimum atomic E-state index is 0.699. The molecule has 1 fully saturated rings. The quantitative estimate of drug-likeness (QED) is 0.866. The van der Waals surface area contributed by atoms with Gasteiger partial charge in [-0.05, 0) is 64.7 Å². The van der Waals surface area contributed by atoms with Gasteiger partial charge < -0.3 is 4.98 Å². The molecule has 1 N–H and O–H groups in total. The number of hydrogen-bond donors (Lipinski definition) is 1. The first kappa shape index (κ1) is 13.6. The van der Waals surface area contributed by atoms with E-state index in [1.807, 2.05) is 6.20 Å². The minimum Gasteiger partial charge on any atom is -0.363 e. The summed E-state index contributed by atoms with van der Waals surface area (Å²) in [5.41, 5.74) is 4.49. The summed E-state index contributed by atoms with van der Waals surface area (Å²) in [6.45, 7) is 2.30. The number of hydrogen-bond acceptors (Lipinski definition) is 1. The van der Waals surface area contributed by atoms with Gasteiger partial charge in [0.15, 0.2) is 0 Å². The molecular weight excluding hydrogens is 324 g/mol. The maximum absolute atomic E-state index is 3.54. The molecule has 0 unspecified atom stereocenters. The Morgan fingerprint density at radius 2 is 1.95 bits per heavy atom. The highest BCUT2D eigenvalue weighted by Gasteiger charge is 2.31. The van der Waals surface area contributed by atoms with Gasteiger partial charge in [-0.3, -0.25) is 4.90 Å². The van der Waals surface area contributed by atoms with Crippen LogP contribution in [0, 0.1) is 5.92 Å². The van der Waals surface area contributed by atoms with E-state index in [4.69, 9.17) is 0 Å². The molecule has 2 atom stereocenters. The van der Waals surface area contributed by atoms with Crippen LogP contribution in [0.3, 0.4) is 0 Å². The number of piperidine rings is 1. The van der Waals surface area contributed by atoms with Crippen LogP contribution >= 0.6 is 15.9 Å². The summed E-state index contributed by atoms with van der Waals surface area (Å²) in [4.78, 5) is 6.08. The lowest BCUT2D eigenvalue weighted by Gasteiger charge is -2.42. The Hall–Kier alpha value is -1.06. The monoisotopic (exact) mass is 344 g/mol. The first-order valence-corrected chi connectivity index (χ1v) is 8.71. The van der Waals surface area contributed by atoms with E-state index in [1.54, 1.807) is 11.1 Å². The average Bonchev–Trinajstić information content (AvgIpc) is 2.85. The van der Waals surface area contributed by atoms with Gasteiger partial charge in [0.25, 0.3) is 0 Å². The van der Waals surface area contributed by atoms with Crippen molar-refractivity contribution in [3.05, 3.63) is 57.8 Å². The molecule has 0 amide bonds. The molecule has 1 aromatic carbocycles. The van der Waals surface area contributed by atoms with Crippen molar-refractivity contribution in [2.45, 2.75) is 38.3 Å². The molecule has 1 aromatic heterocycles. The van der Waals surface area contributed by atoms with Crippen LogP contribution < -0.4 is 0 Å². The van der Waals surface area contributed by atoms with Crippen LogP contribution in [0.2, 0.25) is 0 Å². The predicted octanol–water partition coefficient (Wildman–Crippen LogP) is 4.16. The Kier molecular flexibility index (Phi) is 3.64. The van der Waals surface area contributed by atoms with Gasteiger partial charge in [-0.2, -0.15) is 0 Å². The molecule has 2 aromatic rings. The van der Waals surface area contributed by atoms with Gasteiger partial charge >= 0.3 is 0 Å².